The van der Waals surface area contributed by atoms with E-state index in [1.807, 2.05) is 24.3 Å². The van der Waals surface area contributed by atoms with Crippen molar-refractivity contribution >= 4 is 62.7 Å². The molecule has 0 aliphatic rings. The van der Waals surface area contributed by atoms with Crippen LogP contribution in [0.3, 0.4) is 0 Å². The molecule has 1 aromatic heterocycles. The van der Waals surface area contributed by atoms with E-state index in [2.05, 4.69) is 10.5 Å². The molecule has 4 rings (SSSR count). The van der Waals surface area contributed by atoms with Gasteiger partial charge in [0.2, 0.25) is 0 Å². The summed E-state index contributed by atoms with van der Waals surface area (Å²) in [6.45, 7) is -0.237. The third-order valence-corrected chi connectivity index (χ3v) is 6.29. The molecule has 0 unspecified atom stereocenters. The van der Waals surface area contributed by atoms with Crippen LogP contribution in [0.25, 0.3) is 10.1 Å². The first-order valence-corrected chi connectivity index (χ1v) is 11.3. The van der Waals surface area contributed by atoms with Crippen molar-refractivity contribution in [3.63, 3.8) is 0 Å². The Hall–Kier alpha value is -3.39. The van der Waals surface area contributed by atoms with Crippen LogP contribution >= 0.6 is 34.5 Å². The second-order valence-electron chi connectivity index (χ2n) is 6.71. The maximum Gasteiger partial charge on any atom is 0.355 e. The molecular weight excluding hydrogens is 483 g/mol. The minimum Gasteiger partial charge on any atom is -0.484 e. The van der Waals surface area contributed by atoms with E-state index in [1.54, 1.807) is 48.5 Å². The molecule has 0 atom stereocenters. The van der Waals surface area contributed by atoms with Crippen molar-refractivity contribution in [3.8, 4) is 11.5 Å². The standard InChI is InChI=1S/C24H16Cl2N2O4S/c25-16-7-5-8-17(12-16)31-14-21(29)28-27-13-15-6-1-3-10-19(15)32-24(30)23-22(26)18-9-2-4-11-20(18)33-23/h1-13H,14H2,(H,28,29)/b27-13-. The van der Waals surface area contributed by atoms with Crippen LogP contribution < -0.4 is 14.9 Å². The molecule has 0 aliphatic carbocycles. The lowest BCUT2D eigenvalue weighted by atomic mass is 10.2. The average Bonchev–Trinajstić information content (AvgIpc) is 3.16. The quantitative estimate of drug-likeness (QED) is 0.147. The summed E-state index contributed by atoms with van der Waals surface area (Å²) < 4.78 is 11.8. The molecule has 9 heteroatoms. The number of benzene rings is 3. The van der Waals surface area contributed by atoms with Gasteiger partial charge in [-0.05, 0) is 36.4 Å². The number of esters is 1. The fraction of sp³-hybridized carbons (Fsp3) is 0.0417. The van der Waals surface area contributed by atoms with Crippen LogP contribution in [0, 0.1) is 0 Å². The third-order valence-electron chi connectivity index (χ3n) is 4.40. The predicted molar refractivity (Wildman–Crippen MR) is 131 cm³/mol. The van der Waals surface area contributed by atoms with Crippen LogP contribution in [0.4, 0.5) is 0 Å². The van der Waals surface area contributed by atoms with Crippen LogP contribution in [0.1, 0.15) is 15.2 Å². The highest BCUT2D eigenvalue weighted by Crippen LogP contribution is 2.36. The SMILES string of the molecule is O=C(COc1cccc(Cl)c1)N/N=C\c1ccccc1OC(=O)c1sc2ccccc2c1Cl. The highest BCUT2D eigenvalue weighted by Gasteiger charge is 2.19. The molecule has 0 aliphatic heterocycles. The largest absolute Gasteiger partial charge is 0.484 e. The number of carbonyl (C=O) groups excluding carboxylic acids is 2. The van der Waals surface area contributed by atoms with Crippen LogP contribution in [-0.4, -0.2) is 24.7 Å². The Morgan fingerprint density at radius 1 is 1.00 bits per heavy atom. The molecule has 0 spiro atoms. The molecule has 0 saturated carbocycles. The van der Waals surface area contributed by atoms with E-state index in [4.69, 9.17) is 32.7 Å². The van der Waals surface area contributed by atoms with E-state index in [1.165, 1.54) is 17.6 Å². The summed E-state index contributed by atoms with van der Waals surface area (Å²) >= 11 is 13.5. The van der Waals surface area contributed by atoms with Gasteiger partial charge in [0.15, 0.2) is 6.61 Å². The van der Waals surface area contributed by atoms with E-state index in [-0.39, 0.29) is 12.4 Å². The number of para-hydroxylation sites is 1. The van der Waals surface area contributed by atoms with Gasteiger partial charge in [0, 0.05) is 20.7 Å². The Labute approximate surface area is 203 Å². The highest BCUT2D eigenvalue weighted by molar-refractivity contribution is 7.21. The summed E-state index contributed by atoms with van der Waals surface area (Å²) in [4.78, 5) is 25.0. The van der Waals surface area contributed by atoms with Crippen molar-refractivity contribution in [2.24, 2.45) is 5.10 Å². The van der Waals surface area contributed by atoms with Crippen LogP contribution in [-0.2, 0) is 4.79 Å². The zero-order valence-corrected chi connectivity index (χ0v) is 19.3. The first-order chi connectivity index (χ1) is 16.0. The molecule has 4 aromatic rings. The summed E-state index contributed by atoms with van der Waals surface area (Å²) in [7, 11) is 0. The van der Waals surface area contributed by atoms with Gasteiger partial charge in [-0.3, -0.25) is 4.79 Å². The minimum atomic E-state index is -0.569. The van der Waals surface area contributed by atoms with Gasteiger partial charge < -0.3 is 9.47 Å². The monoisotopic (exact) mass is 498 g/mol. The molecule has 1 N–H and O–H groups in total. The molecule has 0 radical (unpaired) electrons. The number of halogens is 2. The molecule has 1 heterocycles. The first-order valence-electron chi connectivity index (χ1n) is 9.70. The number of thiophene rings is 1. The number of hydrazone groups is 1. The second kappa shape index (κ2) is 10.5. The van der Waals surface area contributed by atoms with Crippen LogP contribution in [0.5, 0.6) is 11.5 Å². The Morgan fingerprint density at radius 2 is 1.79 bits per heavy atom. The van der Waals surface area contributed by atoms with Gasteiger partial charge in [-0.15, -0.1) is 11.3 Å². The summed E-state index contributed by atoms with van der Waals surface area (Å²) in [6.07, 6.45) is 1.38. The van der Waals surface area contributed by atoms with E-state index in [0.717, 1.165) is 10.1 Å². The van der Waals surface area contributed by atoms with Crippen molar-refractivity contribution in [2.75, 3.05) is 6.61 Å². The predicted octanol–water partition coefficient (Wildman–Crippen LogP) is 5.96. The Kier molecular flexibility index (Phi) is 7.24. The number of fused-ring (bicyclic) bond motifs is 1. The lowest BCUT2D eigenvalue weighted by molar-refractivity contribution is -0.123. The number of amides is 1. The molecule has 33 heavy (non-hydrogen) atoms. The maximum absolute atomic E-state index is 12.7. The van der Waals surface area contributed by atoms with Gasteiger partial charge >= 0.3 is 5.97 Å². The number of nitrogens with zero attached hydrogens (tertiary/aromatic N) is 1. The smallest absolute Gasteiger partial charge is 0.355 e. The number of hydrogen-bond acceptors (Lipinski definition) is 6. The number of rotatable bonds is 7. The summed E-state index contributed by atoms with van der Waals surface area (Å²) in [5, 5.41) is 5.59. The van der Waals surface area contributed by atoms with E-state index in [0.29, 0.717) is 26.2 Å². The van der Waals surface area contributed by atoms with Crippen molar-refractivity contribution < 1.29 is 19.1 Å². The number of hydrogen-bond donors (Lipinski definition) is 1. The zero-order valence-electron chi connectivity index (χ0n) is 17.0. The van der Waals surface area contributed by atoms with E-state index in [9.17, 15) is 9.59 Å². The number of nitrogens with one attached hydrogen (secondary N) is 1. The first kappa shape index (κ1) is 22.8. The van der Waals surface area contributed by atoms with Crippen LogP contribution in [0.2, 0.25) is 10.0 Å². The number of carbonyl (C=O) groups is 2. The molecule has 0 fully saturated rings. The molecule has 3 aromatic carbocycles. The molecule has 1 amide bonds. The zero-order chi connectivity index (χ0) is 23.2. The van der Waals surface area contributed by atoms with Gasteiger partial charge in [-0.25, -0.2) is 10.2 Å². The lowest BCUT2D eigenvalue weighted by Gasteiger charge is -2.07. The van der Waals surface area contributed by atoms with Crippen molar-refractivity contribution in [1.29, 1.82) is 0 Å². The van der Waals surface area contributed by atoms with E-state index < -0.39 is 11.9 Å². The Balaban J connectivity index is 1.39. The third kappa shape index (κ3) is 5.70. The van der Waals surface area contributed by atoms with E-state index >= 15 is 0 Å². The van der Waals surface area contributed by atoms with Crippen molar-refractivity contribution in [1.82, 2.24) is 5.43 Å². The average molecular weight is 499 g/mol. The van der Waals surface area contributed by atoms with Gasteiger partial charge in [-0.2, -0.15) is 5.10 Å². The fourth-order valence-electron chi connectivity index (χ4n) is 2.88. The van der Waals surface area contributed by atoms with Gasteiger partial charge in [0.05, 0.1) is 11.2 Å². The fourth-order valence-corrected chi connectivity index (χ4v) is 4.45. The molecule has 166 valence electrons. The van der Waals surface area contributed by atoms with Gasteiger partial charge in [0.25, 0.3) is 5.91 Å². The van der Waals surface area contributed by atoms with Crippen LogP contribution in [0.15, 0.2) is 77.9 Å². The summed E-state index contributed by atoms with van der Waals surface area (Å²) in [5.74, 6) is -0.276. The molecular formula is C24H16Cl2N2O4S. The molecule has 0 bridgehead atoms. The highest BCUT2D eigenvalue weighted by atomic mass is 35.5. The van der Waals surface area contributed by atoms with Crippen molar-refractivity contribution in [2.45, 2.75) is 0 Å². The minimum absolute atomic E-state index is 0.237. The normalized spacial score (nSPS) is 11.0. The molecule has 0 saturated heterocycles. The Bertz CT molecular complexity index is 1350. The number of ether oxygens (including phenoxy) is 2. The molecule has 6 nitrogen and oxygen atoms in total. The van der Waals surface area contributed by atoms with Gasteiger partial charge in [0.1, 0.15) is 16.4 Å². The summed E-state index contributed by atoms with van der Waals surface area (Å²) in [6, 6.07) is 21.0. The summed E-state index contributed by atoms with van der Waals surface area (Å²) in [5.41, 5.74) is 2.87. The lowest BCUT2D eigenvalue weighted by Crippen LogP contribution is -2.24. The topological polar surface area (TPSA) is 77.0 Å². The Morgan fingerprint density at radius 3 is 2.61 bits per heavy atom. The maximum atomic E-state index is 12.7. The van der Waals surface area contributed by atoms with Crippen molar-refractivity contribution in [3.05, 3.63) is 93.3 Å². The van der Waals surface area contributed by atoms with Gasteiger partial charge in [-0.1, -0.05) is 59.6 Å². The second-order valence-corrected chi connectivity index (χ2v) is 8.57.